The second-order valence-corrected chi connectivity index (χ2v) is 7.33. The molecule has 0 aliphatic heterocycles. The van der Waals surface area contributed by atoms with Gasteiger partial charge in [0.05, 0.1) is 6.10 Å². The van der Waals surface area contributed by atoms with Crippen molar-refractivity contribution in [3.8, 4) is 0 Å². The van der Waals surface area contributed by atoms with Crippen molar-refractivity contribution >= 4 is 0 Å². The molecule has 1 N–H and O–H groups in total. The van der Waals surface area contributed by atoms with Crippen LogP contribution in [-0.2, 0) is 17.7 Å². The summed E-state index contributed by atoms with van der Waals surface area (Å²) in [6.45, 7) is 13.1. The van der Waals surface area contributed by atoms with Crippen molar-refractivity contribution in [3.63, 3.8) is 0 Å². The fourth-order valence-corrected chi connectivity index (χ4v) is 3.13. The summed E-state index contributed by atoms with van der Waals surface area (Å²) in [5.74, 6) is 0.615. The van der Waals surface area contributed by atoms with E-state index in [9.17, 15) is 0 Å². The average molecular weight is 289 g/mol. The van der Waals surface area contributed by atoms with Crippen LogP contribution in [0.25, 0.3) is 0 Å². The van der Waals surface area contributed by atoms with Crippen molar-refractivity contribution in [2.24, 2.45) is 11.3 Å². The molecular weight excluding hydrogens is 258 g/mol. The summed E-state index contributed by atoms with van der Waals surface area (Å²) >= 11 is 0. The van der Waals surface area contributed by atoms with Gasteiger partial charge in [-0.05, 0) is 29.9 Å². The van der Waals surface area contributed by atoms with Crippen LogP contribution in [0.2, 0.25) is 0 Å². The molecule has 2 nitrogen and oxygen atoms in total. The van der Waals surface area contributed by atoms with Crippen LogP contribution in [0.5, 0.6) is 0 Å². The van der Waals surface area contributed by atoms with Crippen LogP contribution in [0.4, 0.5) is 0 Å². The van der Waals surface area contributed by atoms with E-state index in [2.05, 4.69) is 64.2 Å². The Labute approximate surface area is 130 Å². The quantitative estimate of drug-likeness (QED) is 0.813. The molecule has 0 spiro atoms. The zero-order chi connectivity index (χ0) is 15.5. The van der Waals surface area contributed by atoms with Gasteiger partial charge in [-0.1, -0.05) is 58.9 Å². The molecule has 1 aromatic carbocycles. The van der Waals surface area contributed by atoms with E-state index in [0.29, 0.717) is 18.1 Å². The maximum absolute atomic E-state index is 6.04. The van der Waals surface area contributed by atoms with E-state index in [4.69, 9.17) is 4.74 Å². The highest BCUT2D eigenvalue weighted by molar-refractivity contribution is 5.27. The molecule has 2 unspecified atom stereocenters. The summed E-state index contributed by atoms with van der Waals surface area (Å²) in [5.41, 5.74) is 3.12. The van der Waals surface area contributed by atoms with Gasteiger partial charge in [-0.3, -0.25) is 0 Å². The predicted molar refractivity (Wildman–Crippen MR) is 89.4 cm³/mol. The Morgan fingerprint density at radius 1 is 1.24 bits per heavy atom. The first kappa shape index (κ1) is 16.5. The standard InChI is InChI=1S/C19H31NO/c1-6-15-9-7-8-10-16(15)12-20-17-11-18(19(17,4)5)21-13-14(2)3/h7-10,14,17-18,20H,6,11-13H2,1-5H3. The van der Waals surface area contributed by atoms with Gasteiger partial charge in [-0.2, -0.15) is 0 Å². The minimum Gasteiger partial charge on any atom is -0.377 e. The summed E-state index contributed by atoms with van der Waals surface area (Å²) in [6, 6.07) is 9.30. The Balaban J connectivity index is 1.85. The first-order valence-electron chi connectivity index (χ1n) is 8.36. The smallest absolute Gasteiger partial charge is 0.0656 e. The van der Waals surface area contributed by atoms with Gasteiger partial charge >= 0.3 is 0 Å². The lowest BCUT2D eigenvalue weighted by atomic mass is 9.64. The molecule has 0 heterocycles. The van der Waals surface area contributed by atoms with Crippen LogP contribution < -0.4 is 5.32 Å². The number of ether oxygens (including phenoxy) is 1. The normalized spacial score (nSPS) is 24.1. The molecule has 0 amide bonds. The second-order valence-electron chi connectivity index (χ2n) is 7.33. The van der Waals surface area contributed by atoms with Gasteiger partial charge in [0.1, 0.15) is 0 Å². The Kier molecular flexibility index (Phi) is 5.45. The first-order chi connectivity index (χ1) is 9.95. The van der Waals surface area contributed by atoms with Crippen LogP contribution in [0.1, 0.15) is 52.2 Å². The van der Waals surface area contributed by atoms with Gasteiger partial charge in [0, 0.05) is 24.6 Å². The van der Waals surface area contributed by atoms with Crippen LogP contribution in [0, 0.1) is 11.3 Å². The summed E-state index contributed by atoms with van der Waals surface area (Å²) in [7, 11) is 0. The minimum atomic E-state index is 0.232. The summed E-state index contributed by atoms with van der Waals surface area (Å²) in [4.78, 5) is 0. The molecule has 0 saturated heterocycles. The number of nitrogens with one attached hydrogen (secondary N) is 1. The molecule has 0 bridgehead atoms. The topological polar surface area (TPSA) is 21.3 Å². The Morgan fingerprint density at radius 2 is 1.90 bits per heavy atom. The van der Waals surface area contributed by atoms with Gasteiger partial charge in [-0.25, -0.2) is 0 Å². The molecule has 2 heteroatoms. The van der Waals surface area contributed by atoms with Gasteiger partial charge in [0.25, 0.3) is 0 Å². The molecule has 2 atom stereocenters. The largest absolute Gasteiger partial charge is 0.377 e. The van der Waals surface area contributed by atoms with Crippen molar-refractivity contribution in [1.29, 1.82) is 0 Å². The van der Waals surface area contributed by atoms with Gasteiger partial charge in [0.2, 0.25) is 0 Å². The molecule has 0 aromatic heterocycles. The van der Waals surface area contributed by atoms with Crippen LogP contribution >= 0.6 is 0 Å². The molecule has 0 radical (unpaired) electrons. The Bertz CT molecular complexity index is 453. The van der Waals surface area contributed by atoms with E-state index < -0.39 is 0 Å². The Hall–Kier alpha value is -0.860. The van der Waals surface area contributed by atoms with Crippen molar-refractivity contribution in [1.82, 2.24) is 5.32 Å². The van der Waals surface area contributed by atoms with Crippen LogP contribution in [0.15, 0.2) is 24.3 Å². The third kappa shape index (κ3) is 3.87. The zero-order valence-electron chi connectivity index (χ0n) is 14.3. The molecule has 1 aliphatic rings. The summed E-state index contributed by atoms with van der Waals surface area (Å²) in [6.07, 6.45) is 2.64. The molecule has 21 heavy (non-hydrogen) atoms. The number of benzene rings is 1. The second kappa shape index (κ2) is 6.93. The Morgan fingerprint density at radius 3 is 2.48 bits per heavy atom. The fraction of sp³-hybridized carbons (Fsp3) is 0.684. The molecular formula is C19H31NO. The molecule has 1 fully saturated rings. The first-order valence-corrected chi connectivity index (χ1v) is 8.36. The highest BCUT2D eigenvalue weighted by Crippen LogP contribution is 2.43. The lowest BCUT2D eigenvalue weighted by Gasteiger charge is -2.52. The van der Waals surface area contributed by atoms with Gasteiger partial charge in [0.15, 0.2) is 0 Å². The average Bonchev–Trinajstić information content (AvgIpc) is 2.45. The molecule has 1 aliphatic carbocycles. The number of aryl methyl sites for hydroxylation is 1. The van der Waals surface area contributed by atoms with E-state index in [1.54, 1.807) is 0 Å². The summed E-state index contributed by atoms with van der Waals surface area (Å²) in [5, 5.41) is 3.74. The minimum absolute atomic E-state index is 0.232. The molecule has 2 rings (SSSR count). The number of hydrogen-bond donors (Lipinski definition) is 1. The van der Waals surface area contributed by atoms with Crippen molar-refractivity contribution in [3.05, 3.63) is 35.4 Å². The monoisotopic (exact) mass is 289 g/mol. The lowest BCUT2D eigenvalue weighted by molar-refractivity contribution is -0.124. The van der Waals surface area contributed by atoms with E-state index in [1.165, 1.54) is 11.1 Å². The fourth-order valence-electron chi connectivity index (χ4n) is 3.13. The number of hydrogen-bond acceptors (Lipinski definition) is 2. The van der Waals surface area contributed by atoms with Crippen LogP contribution in [-0.4, -0.2) is 18.8 Å². The van der Waals surface area contributed by atoms with Gasteiger partial charge < -0.3 is 10.1 Å². The SMILES string of the molecule is CCc1ccccc1CNC1CC(OCC(C)C)C1(C)C. The highest BCUT2D eigenvalue weighted by Gasteiger charge is 2.48. The van der Waals surface area contributed by atoms with Crippen molar-refractivity contribution < 1.29 is 4.74 Å². The predicted octanol–water partition coefficient (Wildman–Crippen LogP) is 4.18. The maximum Gasteiger partial charge on any atom is 0.0656 e. The third-order valence-electron chi connectivity index (χ3n) is 4.85. The van der Waals surface area contributed by atoms with E-state index in [-0.39, 0.29) is 5.41 Å². The molecule has 1 saturated carbocycles. The summed E-state index contributed by atoms with van der Waals surface area (Å²) < 4.78 is 6.04. The van der Waals surface area contributed by atoms with Crippen LogP contribution in [0.3, 0.4) is 0 Å². The van der Waals surface area contributed by atoms with Gasteiger partial charge in [-0.15, -0.1) is 0 Å². The van der Waals surface area contributed by atoms with E-state index >= 15 is 0 Å². The van der Waals surface area contributed by atoms with Crippen molar-refractivity contribution in [2.45, 2.75) is 66.2 Å². The lowest BCUT2D eigenvalue weighted by Crippen LogP contribution is -2.60. The van der Waals surface area contributed by atoms with E-state index in [1.807, 2.05) is 0 Å². The highest BCUT2D eigenvalue weighted by atomic mass is 16.5. The maximum atomic E-state index is 6.04. The zero-order valence-corrected chi connectivity index (χ0v) is 14.3. The molecule has 118 valence electrons. The third-order valence-corrected chi connectivity index (χ3v) is 4.85. The van der Waals surface area contributed by atoms with Crippen molar-refractivity contribution in [2.75, 3.05) is 6.61 Å². The van der Waals surface area contributed by atoms with E-state index in [0.717, 1.165) is 26.0 Å². The number of rotatable bonds is 7. The molecule has 1 aromatic rings.